The second-order valence-electron chi connectivity index (χ2n) is 3.67. The van der Waals surface area contributed by atoms with E-state index in [0.29, 0.717) is 5.92 Å². The Labute approximate surface area is 79.5 Å². The SMILES string of the molecule is C/C=C(\C)C1C=C1C[C@@H](N)C(C)=O. The molecule has 2 N–H and O–H groups in total. The van der Waals surface area contributed by atoms with Crippen molar-refractivity contribution in [3.05, 3.63) is 23.3 Å². The van der Waals surface area contributed by atoms with Gasteiger partial charge in [-0.2, -0.15) is 0 Å². The Morgan fingerprint density at radius 2 is 2.31 bits per heavy atom. The van der Waals surface area contributed by atoms with Gasteiger partial charge in [0.15, 0.2) is 0 Å². The van der Waals surface area contributed by atoms with Crippen LogP contribution in [0.3, 0.4) is 0 Å². The Kier molecular flexibility index (Phi) is 3.04. The fourth-order valence-corrected chi connectivity index (χ4v) is 1.36. The van der Waals surface area contributed by atoms with E-state index in [2.05, 4.69) is 19.1 Å². The predicted molar refractivity (Wildman–Crippen MR) is 54.3 cm³/mol. The molecule has 1 rings (SSSR count). The van der Waals surface area contributed by atoms with Crippen LogP contribution in [0.5, 0.6) is 0 Å². The molecule has 2 nitrogen and oxygen atoms in total. The summed E-state index contributed by atoms with van der Waals surface area (Å²) in [6.45, 7) is 5.68. The molecule has 2 heteroatoms. The van der Waals surface area contributed by atoms with Crippen LogP contribution in [0.4, 0.5) is 0 Å². The Balaban J connectivity index is 2.36. The predicted octanol–water partition coefficient (Wildman–Crippen LogP) is 1.82. The number of hydrogen-bond donors (Lipinski definition) is 1. The molecule has 0 saturated heterocycles. The molecule has 13 heavy (non-hydrogen) atoms. The maximum atomic E-state index is 10.9. The molecule has 0 aromatic rings. The topological polar surface area (TPSA) is 43.1 Å². The highest BCUT2D eigenvalue weighted by molar-refractivity contribution is 5.81. The number of Topliss-reactive ketones (excluding diaryl/α,β-unsaturated/α-hetero) is 1. The van der Waals surface area contributed by atoms with Gasteiger partial charge in [-0.25, -0.2) is 0 Å². The maximum absolute atomic E-state index is 10.9. The second kappa shape index (κ2) is 3.88. The zero-order chi connectivity index (χ0) is 10.0. The first-order valence-corrected chi connectivity index (χ1v) is 4.65. The van der Waals surface area contributed by atoms with Crippen molar-refractivity contribution < 1.29 is 4.79 Å². The van der Waals surface area contributed by atoms with Crippen LogP contribution in [0, 0.1) is 5.92 Å². The number of rotatable bonds is 4. The molecule has 72 valence electrons. The van der Waals surface area contributed by atoms with E-state index in [1.165, 1.54) is 11.1 Å². The summed E-state index contributed by atoms with van der Waals surface area (Å²) in [6.07, 6.45) is 5.01. The van der Waals surface area contributed by atoms with Crippen LogP contribution in [0.15, 0.2) is 23.3 Å². The highest BCUT2D eigenvalue weighted by Crippen LogP contribution is 2.38. The van der Waals surface area contributed by atoms with E-state index in [9.17, 15) is 4.79 Å². The Hall–Kier alpha value is -0.890. The first-order valence-electron chi connectivity index (χ1n) is 4.65. The van der Waals surface area contributed by atoms with Crippen molar-refractivity contribution >= 4 is 5.78 Å². The summed E-state index contributed by atoms with van der Waals surface area (Å²) in [4.78, 5) is 10.9. The third kappa shape index (κ3) is 2.52. The smallest absolute Gasteiger partial charge is 0.146 e. The third-order valence-corrected chi connectivity index (χ3v) is 2.59. The van der Waals surface area contributed by atoms with Gasteiger partial charge in [-0.05, 0) is 27.2 Å². The van der Waals surface area contributed by atoms with E-state index in [1.54, 1.807) is 6.92 Å². The van der Waals surface area contributed by atoms with Gasteiger partial charge < -0.3 is 5.73 Å². The molecule has 0 saturated carbocycles. The molecule has 1 aliphatic carbocycles. The second-order valence-corrected chi connectivity index (χ2v) is 3.67. The summed E-state index contributed by atoms with van der Waals surface area (Å²) in [5.74, 6) is 0.570. The van der Waals surface area contributed by atoms with Crippen molar-refractivity contribution in [2.24, 2.45) is 11.7 Å². The lowest BCUT2D eigenvalue weighted by molar-refractivity contribution is -0.118. The normalized spacial score (nSPS) is 23.8. The van der Waals surface area contributed by atoms with Crippen LogP contribution >= 0.6 is 0 Å². The van der Waals surface area contributed by atoms with Gasteiger partial charge in [0.25, 0.3) is 0 Å². The summed E-state index contributed by atoms with van der Waals surface area (Å²) >= 11 is 0. The maximum Gasteiger partial charge on any atom is 0.146 e. The third-order valence-electron chi connectivity index (χ3n) is 2.59. The number of carbonyl (C=O) groups is 1. The summed E-state index contributed by atoms with van der Waals surface area (Å²) in [5.41, 5.74) is 8.32. The molecule has 0 bridgehead atoms. The minimum absolute atomic E-state index is 0.0738. The minimum Gasteiger partial charge on any atom is -0.321 e. The molecule has 0 fully saturated rings. The van der Waals surface area contributed by atoms with Gasteiger partial charge in [-0.15, -0.1) is 0 Å². The summed E-state index contributed by atoms with van der Waals surface area (Å²) < 4.78 is 0. The fourth-order valence-electron chi connectivity index (χ4n) is 1.36. The van der Waals surface area contributed by atoms with Crippen LogP contribution in [0.1, 0.15) is 27.2 Å². The highest BCUT2D eigenvalue weighted by Gasteiger charge is 2.27. The van der Waals surface area contributed by atoms with Crippen molar-refractivity contribution in [3.8, 4) is 0 Å². The van der Waals surface area contributed by atoms with E-state index in [0.717, 1.165) is 6.42 Å². The fraction of sp³-hybridized carbons (Fsp3) is 0.545. The highest BCUT2D eigenvalue weighted by atomic mass is 16.1. The lowest BCUT2D eigenvalue weighted by Crippen LogP contribution is -2.27. The Morgan fingerprint density at radius 1 is 1.69 bits per heavy atom. The molecule has 0 aromatic heterocycles. The lowest BCUT2D eigenvalue weighted by Gasteiger charge is -2.05. The van der Waals surface area contributed by atoms with Gasteiger partial charge in [0, 0.05) is 5.92 Å². The van der Waals surface area contributed by atoms with Crippen LogP contribution in [-0.4, -0.2) is 11.8 Å². The summed E-state index contributed by atoms with van der Waals surface area (Å²) in [5, 5.41) is 0. The number of nitrogens with two attached hydrogens (primary N) is 1. The van der Waals surface area contributed by atoms with Gasteiger partial charge in [0.1, 0.15) is 5.78 Å². The zero-order valence-corrected chi connectivity index (χ0v) is 8.50. The molecule has 2 atom stereocenters. The average molecular weight is 179 g/mol. The van der Waals surface area contributed by atoms with Gasteiger partial charge in [0.2, 0.25) is 0 Å². The van der Waals surface area contributed by atoms with Crippen LogP contribution < -0.4 is 5.73 Å². The molecule has 0 aromatic carbocycles. The van der Waals surface area contributed by atoms with Crippen molar-refractivity contribution in [2.75, 3.05) is 0 Å². The van der Waals surface area contributed by atoms with Gasteiger partial charge in [0.05, 0.1) is 6.04 Å². The minimum atomic E-state index is -0.305. The van der Waals surface area contributed by atoms with Gasteiger partial charge >= 0.3 is 0 Å². The molecule has 0 radical (unpaired) electrons. The molecule has 0 amide bonds. The van der Waals surface area contributed by atoms with Gasteiger partial charge in [-0.1, -0.05) is 23.3 Å². The Morgan fingerprint density at radius 3 is 2.77 bits per heavy atom. The van der Waals surface area contributed by atoms with E-state index in [1.807, 2.05) is 6.92 Å². The standard InChI is InChI=1S/C11H17NO/c1-4-7(2)10-5-9(10)6-11(12)8(3)13/h4-5,10-11H,6,12H2,1-3H3/b7-4+/t10?,11-/m1/s1. The van der Waals surface area contributed by atoms with E-state index in [-0.39, 0.29) is 11.8 Å². The molecular weight excluding hydrogens is 162 g/mol. The number of carbonyl (C=O) groups excluding carboxylic acids is 1. The molecule has 0 heterocycles. The van der Waals surface area contributed by atoms with Crippen molar-refractivity contribution in [3.63, 3.8) is 0 Å². The average Bonchev–Trinajstić information content (AvgIpc) is 2.82. The molecule has 0 spiro atoms. The van der Waals surface area contributed by atoms with Crippen molar-refractivity contribution in [2.45, 2.75) is 33.2 Å². The largest absolute Gasteiger partial charge is 0.321 e. The van der Waals surface area contributed by atoms with E-state index in [4.69, 9.17) is 5.73 Å². The first-order chi connectivity index (χ1) is 6.06. The molecular formula is C11H17NO. The van der Waals surface area contributed by atoms with Crippen LogP contribution in [0.2, 0.25) is 0 Å². The van der Waals surface area contributed by atoms with Crippen LogP contribution in [-0.2, 0) is 4.79 Å². The zero-order valence-electron chi connectivity index (χ0n) is 8.50. The monoisotopic (exact) mass is 179 g/mol. The van der Waals surface area contributed by atoms with Crippen molar-refractivity contribution in [1.29, 1.82) is 0 Å². The van der Waals surface area contributed by atoms with E-state index < -0.39 is 0 Å². The summed E-state index contributed by atoms with van der Waals surface area (Å²) in [6, 6.07) is -0.305. The first kappa shape index (κ1) is 10.2. The molecule has 1 aliphatic rings. The number of ketones is 1. The molecule has 0 aliphatic heterocycles. The number of hydrogen-bond acceptors (Lipinski definition) is 2. The lowest BCUT2D eigenvalue weighted by atomic mass is 10.0. The quantitative estimate of drug-likeness (QED) is 0.669. The molecule has 1 unspecified atom stereocenters. The summed E-state index contributed by atoms with van der Waals surface area (Å²) in [7, 11) is 0. The van der Waals surface area contributed by atoms with Crippen LogP contribution in [0.25, 0.3) is 0 Å². The Bertz CT molecular complexity index is 276. The van der Waals surface area contributed by atoms with Gasteiger partial charge in [-0.3, -0.25) is 4.79 Å². The van der Waals surface area contributed by atoms with E-state index >= 15 is 0 Å². The van der Waals surface area contributed by atoms with Crippen molar-refractivity contribution in [1.82, 2.24) is 0 Å². The number of allylic oxidation sites excluding steroid dienone is 3.